The summed E-state index contributed by atoms with van der Waals surface area (Å²) < 4.78 is 37.1. The van der Waals surface area contributed by atoms with Gasteiger partial charge in [0.05, 0.1) is 13.4 Å². The Morgan fingerprint density at radius 1 is 1.46 bits per heavy atom. The van der Waals surface area contributed by atoms with E-state index in [0.717, 1.165) is 6.08 Å². The van der Waals surface area contributed by atoms with E-state index in [-0.39, 0.29) is 5.57 Å². The van der Waals surface area contributed by atoms with Crippen LogP contribution in [0.1, 0.15) is 20.3 Å². The van der Waals surface area contributed by atoms with Crippen LogP contribution in [-0.2, 0) is 0 Å². The zero-order valence-electron chi connectivity index (χ0n) is 7.57. The van der Waals surface area contributed by atoms with Crippen molar-refractivity contribution < 1.29 is 13.2 Å². The third-order valence-corrected chi connectivity index (χ3v) is 2.05. The third kappa shape index (κ3) is 2.39. The van der Waals surface area contributed by atoms with Crippen molar-refractivity contribution in [3.8, 4) is 0 Å². The van der Waals surface area contributed by atoms with Crippen LogP contribution in [0.15, 0.2) is 23.3 Å². The van der Waals surface area contributed by atoms with E-state index in [0.29, 0.717) is 6.42 Å². The summed E-state index contributed by atoms with van der Waals surface area (Å²) in [6, 6.07) is 0. The van der Waals surface area contributed by atoms with Gasteiger partial charge in [0.1, 0.15) is 0 Å². The average Bonchev–Trinajstić information content (AvgIpc) is 1.92. The van der Waals surface area contributed by atoms with Gasteiger partial charge in [-0.3, -0.25) is 0 Å². The van der Waals surface area contributed by atoms with Crippen molar-refractivity contribution >= 4 is 7.85 Å². The van der Waals surface area contributed by atoms with Gasteiger partial charge < -0.3 is 0 Å². The molecule has 0 nitrogen and oxygen atoms in total. The Balaban J connectivity index is 3.06. The lowest BCUT2D eigenvalue weighted by molar-refractivity contribution is -0.0899. The molecule has 70 valence electrons. The third-order valence-electron chi connectivity index (χ3n) is 2.05. The maximum atomic E-state index is 12.4. The molecule has 0 aromatic heterocycles. The Labute approximate surface area is 76.9 Å². The second-order valence-electron chi connectivity index (χ2n) is 3.65. The molecule has 0 fully saturated rings. The van der Waals surface area contributed by atoms with Crippen molar-refractivity contribution in [2.45, 2.75) is 31.8 Å². The van der Waals surface area contributed by atoms with Crippen molar-refractivity contribution in [2.24, 2.45) is 0 Å². The number of allylic oxidation sites excluding steroid dienone is 4. The van der Waals surface area contributed by atoms with Crippen LogP contribution in [0.25, 0.3) is 0 Å². The number of halogens is 3. The van der Waals surface area contributed by atoms with E-state index in [1.54, 1.807) is 6.92 Å². The van der Waals surface area contributed by atoms with E-state index in [2.05, 4.69) is 0 Å². The molecule has 0 amide bonds. The zero-order chi connectivity index (χ0) is 10.3. The van der Waals surface area contributed by atoms with Crippen molar-refractivity contribution in [2.75, 3.05) is 0 Å². The Kier molecular flexibility index (Phi) is 2.35. The maximum absolute atomic E-state index is 12.4. The standard InChI is InChI=1S/C9H10BF3/c1-6-3-4-8(2,10)5-7(6)9(11,12)13/h3,5H,4H2,1-2H3. The molecule has 4 heteroatoms. The van der Waals surface area contributed by atoms with Crippen molar-refractivity contribution in [3.05, 3.63) is 23.3 Å². The second kappa shape index (κ2) is 2.93. The molecule has 0 aromatic carbocycles. The van der Waals surface area contributed by atoms with Crippen LogP contribution in [0.4, 0.5) is 13.2 Å². The molecule has 0 spiro atoms. The number of alkyl halides is 3. The molecular formula is C9H10BF3. The summed E-state index contributed by atoms with van der Waals surface area (Å²) in [7, 11) is 5.61. The highest BCUT2D eigenvalue weighted by Crippen LogP contribution is 2.42. The zero-order valence-corrected chi connectivity index (χ0v) is 7.57. The van der Waals surface area contributed by atoms with E-state index < -0.39 is 17.1 Å². The molecule has 13 heavy (non-hydrogen) atoms. The van der Waals surface area contributed by atoms with E-state index >= 15 is 0 Å². The number of hydrogen-bond donors (Lipinski definition) is 0. The Morgan fingerprint density at radius 2 is 2.00 bits per heavy atom. The molecule has 0 aromatic rings. The Hall–Kier alpha value is -0.665. The highest BCUT2D eigenvalue weighted by molar-refractivity contribution is 6.16. The predicted octanol–water partition coefficient (Wildman–Crippen LogP) is 3.17. The molecule has 1 unspecified atom stereocenters. The first-order valence-corrected chi connectivity index (χ1v) is 3.98. The monoisotopic (exact) mass is 186 g/mol. The molecule has 2 radical (unpaired) electrons. The van der Waals surface area contributed by atoms with Gasteiger partial charge in [-0.05, 0) is 24.2 Å². The van der Waals surface area contributed by atoms with E-state index in [9.17, 15) is 13.2 Å². The number of rotatable bonds is 0. The van der Waals surface area contributed by atoms with Gasteiger partial charge in [-0.1, -0.05) is 19.1 Å². The first-order chi connectivity index (χ1) is 5.72. The van der Waals surface area contributed by atoms with Crippen LogP contribution in [0.2, 0.25) is 5.31 Å². The van der Waals surface area contributed by atoms with Crippen LogP contribution in [0, 0.1) is 0 Å². The number of hydrogen-bond acceptors (Lipinski definition) is 0. The van der Waals surface area contributed by atoms with Gasteiger partial charge in [0, 0.05) is 0 Å². The first-order valence-electron chi connectivity index (χ1n) is 3.98. The van der Waals surface area contributed by atoms with E-state index in [4.69, 9.17) is 7.85 Å². The maximum Gasteiger partial charge on any atom is 0.416 e. The fourth-order valence-corrected chi connectivity index (χ4v) is 1.29. The highest BCUT2D eigenvalue weighted by Gasteiger charge is 2.37. The summed E-state index contributed by atoms with van der Waals surface area (Å²) in [4.78, 5) is 0. The van der Waals surface area contributed by atoms with Gasteiger partial charge in [0.2, 0.25) is 0 Å². The Bertz CT molecular complexity index is 271. The van der Waals surface area contributed by atoms with Gasteiger partial charge in [-0.25, -0.2) is 0 Å². The van der Waals surface area contributed by atoms with Gasteiger partial charge in [-0.2, -0.15) is 13.2 Å². The van der Waals surface area contributed by atoms with Crippen LogP contribution >= 0.6 is 0 Å². The lowest BCUT2D eigenvalue weighted by atomic mass is 9.64. The van der Waals surface area contributed by atoms with Crippen molar-refractivity contribution in [1.82, 2.24) is 0 Å². The molecular weight excluding hydrogens is 176 g/mol. The quantitative estimate of drug-likeness (QED) is 0.509. The first kappa shape index (κ1) is 10.4. The average molecular weight is 186 g/mol. The summed E-state index contributed by atoms with van der Waals surface area (Å²) in [5.74, 6) is 0. The molecule has 0 bridgehead atoms. The minimum atomic E-state index is -4.29. The van der Waals surface area contributed by atoms with Crippen molar-refractivity contribution in [3.63, 3.8) is 0 Å². The van der Waals surface area contributed by atoms with Crippen LogP contribution < -0.4 is 0 Å². The smallest absolute Gasteiger partial charge is 0.166 e. The fraction of sp³-hybridized carbons (Fsp3) is 0.556. The van der Waals surface area contributed by atoms with Gasteiger partial charge in [0.25, 0.3) is 0 Å². The van der Waals surface area contributed by atoms with Crippen LogP contribution in [0.5, 0.6) is 0 Å². The molecule has 1 atom stereocenters. The lowest BCUT2D eigenvalue weighted by Gasteiger charge is -2.27. The molecule has 0 N–H and O–H groups in total. The topological polar surface area (TPSA) is 0 Å². The minimum Gasteiger partial charge on any atom is -0.166 e. The van der Waals surface area contributed by atoms with Gasteiger partial charge in [-0.15, -0.1) is 0 Å². The minimum absolute atomic E-state index is 0.260. The van der Waals surface area contributed by atoms with E-state index in [1.807, 2.05) is 0 Å². The SMILES string of the molecule is [B]C1(C)C=C(C(F)(F)F)C(C)=CC1. The van der Waals surface area contributed by atoms with Crippen molar-refractivity contribution in [1.29, 1.82) is 0 Å². The summed E-state index contributed by atoms with van der Waals surface area (Å²) in [5, 5.41) is -0.871. The molecule has 1 rings (SSSR count). The summed E-state index contributed by atoms with van der Waals surface area (Å²) >= 11 is 0. The normalized spacial score (nSPS) is 29.6. The van der Waals surface area contributed by atoms with Gasteiger partial charge in [0.15, 0.2) is 0 Å². The molecule has 0 saturated heterocycles. The molecule has 0 heterocycles. The van der Waals surface area contributed by atoms with Crippen LogP contribution in [-0.4, -0.2) is 14.0 Å². The fourth-order valence-electron chi connectivity index (χ4n) is 1.29. The molecule has 1 aliphatic rings. The predicted molar refractivity (Wildman–Crippen MR) is 46.6 cm³/mol. The lowest BCUT2D eigenvalue weighted by Crippen LogP contribution is -2.19. The molecule has 0 saturated carbocycles. The largest absolute Gasteiger partial charge is 0.416 e. The summed E-state index contributed by atoms with van der Waals surface area (Å²) in [5.41, 5.74) is -0.348. The Morgan fingerprint density at radius 3 is 2.38 bits per heavy atom. The van der Waals surface area contributed by atoms with Gasteiger partial charge >= 0.3 is 6.18 Å². The van der Waals surface area contributed by atoms with E-state index in [1.165, 1.54) is 13.0 Å². The molecule has 1 aliphatic carbocycles. The highest BCUT2D eigenvalue weighted by atomic mass is 19.4. The summed E-state index contributed by atoms with van der Waals surface area (Å²) in [6.07, 6.45) is -1.20. The summed E-state index contributed by atoms with van der Waals surface area (Å²) in [6.45, 7) is 3.04. The molecule has 0 aliphatic heterocycles. The second-order valence-corrected chi connectivity index (χ2v) is 3.65. The van der Waals surface area contributed by atoms with Crippen LogP contribution in [0.3, 0.4) is 0 Å².